The van der Waals surface area contributed by atoms with Gasteiger partial charge in [0.05, 0.1) is 12.8 Å². The molecule has 0 saturated heterocycles. The molecule has 0 atom stereocenters. The highest BCUT2D eigenvalue weighted by molar-refractivity contribution is 6.30. The molecule has 1 aliphatic rings. The molecule has 1 aromatic carbocycles. The van der Waals surface area contributed by atoms with Crippen molar-refractivity contribution in [3.05, 3.63) is 46.6 Å². The number of hydrogen-bond donors (Lipinski definition) is 1. The lowest BCUT2D eigenvalue weighted by Gasteiger charge is -2.15. The molecular weight excluding hydrogens is 290 g/mol. The molecule has 0 unspecified atom stereocenters. The van der Waals surface area contributed by atoms with Crippen LogP contribution in [0.1, 0.15) is 22.3 Å². The molecule has 2 aromatic rings. The number of nitrogens with one attached hydrogen (secondary N) is 1. The topological polar surface area (TPSA) is 56.2 Å². The van der Waals surface area contributed by atoms with Crippen molar-refractivity contribution in [2.45, 2.75) is 19.4 Å². The highest BCUT2D eigenvalue weighted by Gasteiger charge is 2.21. The smallest absolute Gasteiger partial charge is 0.258 e. The molecule has 0 spiro atoms. The quantitative estimate of drug-likeness (QED) is 0.943. The van der Waals surface area contributed by atoms with Crippen molar-refractivity contribution in [3.8, 4) is 5.88 Å². The van der Waals surface area contributed by atoms with E-state index >= 15 is 0 Å². The van der Waals surface area contributed by atoms with E-state index < -0.39 is 0 Å². The summed E-state index contributed by atoms with van der Waals surface area (Å²) < 4.78 is 7.25. The van der Waals surface area contributed by atoms with Crippen LogP contribution < -0.4 is 10.1 Å². The van der Waals surface area contributed by atoms with Gasteiger partial charge in [-0.3, -0.25) is 4.79 Å². The number of amides is 1. The van der Waals surface area contributed by atoms with Crippen molar-refractivity contribution in [1.29, 1.82) is 0 Å². The fraction of sp³-hybridized carbons (Fsp3) is 0.333. The molecule has 1 amide bonds. The number of aryl methyl sites for hydroxylation is 1. The van der Waals surface area contributed by atoms with Gasteiger partial charge in [-0.1, -0.05) is 23.7 Å². The number of aromatic nitrogens is 2. The number of fused-ring (bicyclic) bond motifs is 1. The summed E-state index contributed by atoms with van der Waals surface area (Å²) in [6.07, 6.45) is 3.25. The van der Waals surface area contributed by atoms with Crippen molar-refractivity contribution in [2.24, 2.45) is 0 Å². The van der Waals surface area contributed by atoms with Crippen LogP contribution in [0, 0.1) is 0 Å². The molecule has 21 heavy (non-hydrogen) atoms. The number of carbonyl (C=O) groups is 1. The standard InChI is InChI=1S/C15H16ClN3O2/c16-12-4-2-11(3-5-12)6-7-17-14(20)13-10-18-19-8-1-9-21-15(13)19/h2-5,10H,1,6-9H2,(H,17,20). The van der Waals surface area contributed by atoms with E-state index in [1.165, 1.54) is 0 Å². The second-order valence-electron chi connectivity index (χ2n) is 4.92. The van der Waals surface area contributed by atoms with Crippen molar-refractivity contribution in [1.82, 2.24) is 15.1 Å². The molecule has 1 N–H and O–H groups in total. The highest BCUT2D eigenvalue weighted by atomic mass is 35.5. The maximum Gasteiger partial charge on any atom is 0.258 e. The maximum absolute atomic E-state index is 12.2. The third kappa shape index (κ3) is 3.19. The van der Waals surface area contributed by atoms with Gasteiger partial charge in [0.1, 0.15) is 5.56 Å². The van der Waals surface area contributed by atoms with E-state index in [0.717, 1.165) is 24.9 Å². The lowest BCUT2D eigenvalue weighted by atomic mass is 10.1. The van der Waals surface area contributed by atoms with Gasteiger partial charge in [-0.2, -0.15) is 5.10 Å². The number of halogens is 1. The first-order valence-corrected chi connectivity index (χ1v) is 7.33. The predicted molar refractivity (Wildman–Crippen MR) is 79.8 cm³/mol. The Hall–Kier alpha value is -2.01. The minimum Gasteiger partial charge on any atom is -0.477 e. The Morgan fingerprint density at radius 1 is 1.38 bits per heavy atom. The molecule has 0 fully saturated rings. The van der Waals surface area contributed by atoms with Crippen LogP contribution in [0.2, 0.25) is 5.02 Å². The first kappa shape index (κ1) is 13.9. The highest BCUT2D eigenvalue weighted by Crippen LogP contribution is 2.21. The normalized spacial score (nSPS) is 13.4. The van der Waals surface area contributed by atoms with Gasteiger partial charge in [0.15, 0.2) is 0 Å². The van der Waals surface area contributed by atoms with Gasteiger partial charge in [-0.05, 0) is 24.1 Å². The minimum atomic E-state index is -0.146. The average Bonchev–Trinajstić information content (AvgIpc) is 2.93. The molecule has 0 bridgehead atoms. The van der Waals surface area contributed by atoms with Crippen molar-refractivity contribution < 1.29 is 9.53 Å². The van der Waals surface area contributed by atoms with Gasteiger partial charge < -0.3 is 10.1 Å². The zero-order chi connectivity index (χ0) is 14.7. The summed E-state index contributed by atoms with van der Waals surface area (Å²) in [5, 5.41) is 7.78. The zero-order valence-electron chi connectivity index (χ0n) is 11.5. The van der Waals surface area contributed by atoms with Gasteiger partial charge in [-0.25, -0.2) is 4.68 Å². The first-order chi connectivity index (χ1) is 10.2. The number of carbonyl (C=O) groups excluding carboxylic acids is 1. The lowest BCUT2D eigenvalue weighted by molar-refractivity contribution is 0.0947. The Bertz CT molecular complexity index is 637. The molecule has 2 heterocycles. The van der Waals surface area contributed by atoms with Crippen LogP contribution in [0.3, 0.4) is 0 Å². The molecule has 0 saturated carbocycles. The summed E-state index contributed by atoms with van der Waals surface area (Å²) >= 11 is 5.84. The third-order valence-electron chi connectivity index (χ3n) is 3.40. The Balaban J connectivity index is 1.57. The van der Waals surface area contributed by atoms with Crippen molar-refractivity contribution >= 4 is 17.5 Å². The molecule has 1 aromatic heterocycles. The summed E-state index contributed by atoms with van der Waals surface area (Å²) in [4.78, 5) is 12.2. The van der Waals surface area contributed by atoms with Gasteiger partial charge in [0, 0.05) is 24.5 Å². The summed E-state index contributed by atoms with van der Waals surface area (Å²) in [5.74, 6) is 0.428. The van der Waals surface area contributed by atoms with E-state index in [2.05, 4.69) is 10.4 Å². The van der Waals surface area contributed by atoms with Crippen LogP contribution in [0.15, 0.2) is 30.5 Å². The number of nitrogens with zero attached hydrogens (tertiary/aromatic N) is 2. The van der Waals surface area contributed by atoms with E-state index in [0.29, 0.717) is 29.6 Å². The molecule has 6 heteroatoms. The summed E-state index contributed by atoms with van der Waals surface area (Å²) in [6, 6.07) is 7.61. The first-order valence-electron chi connectivity index (χ1n) is 6.95. The number of hydrogen-bond acceptors (Lipinski definition) is 3. The number of benzene rings is 1. The fourth-order valence-electron chi connectivity index (χ4n) is 2.29. The third-order valence-corrected chi connectivity index (χ3v) is 3.65. The summed E-state index contributed by atoms with van der Waals surface area (Å²) in [7, 11) is 0. The van der Waals surface area contributed by atoms with Crippen LogP contribution in [0.25, 0.3) is 0 Å². The largest absolute Gasteiger partial charge is 0.477 e. The summed E-state index contributed by atoms with van der Waals surface area (Å²) in [6.45, 7) is 2.00. The SMILES string of the molecule is O=C(NCCc1ccc(Cl)cc1)c1cnn2c1OCCC2. The van der Waals surface area contributed by atoms with E-state index in [1.807, 2.05) is 24.3 Å². The molecule has 3 rings (SSSR count). The molecule has 5 nitrogen and oxygen atoms in total. The Morgan fingerprint density at radius 3 is 3.00 bits per heavy atom. The van der Waals surface area contributed by atoms with E-state index in [4.69, 9.17) is 16.3 Å². The van der Waals surface area contributed by atoms with E-state index in [9.17, 15) is 4.79 Å². The van der Waals surface area contributed by atoms with Crippen molar-refractivity contribution in [3.63, 3.8) is 0 Å². The van der Waals surface area contributed by atoms with Gasteiger partial charge >= 0.3 is 0 Å². The second kappa shape index (κ2) is 6.18. The predicted octanol–water partition coefficient (Wildman–Crippen LogP) is 2.29. The van der Waals surface area contributed by atoms with Gasteiger partial charge in [-0.15, -0.1) is 0 Å². The fourth-order valence-corrected chi connectivity index (χ4v) is 2.42. The zero-order valence-corrected chi connectivity index (χ0v) is 12.3. The number of rotatable bonds is 4. The van der Waals surface area contributed by atoms with E-state index in [-0.39, 0.29) is 5.91 Å². The van der Waals surface area contributed by atoms with Crippen LogP contribution in [-0.4, -0.2) is 28.8 Å². The monoisotopic (exact) mass is 305 g/mol. The van der Waals surface area contributed by atoms with Crippen LogP contribution in [0.5, 0.6) is 5.88 Å². The Labute approximate surface area is 127 Å². The van der Waals surface area contributed by atoms with Gasteiger partial charge in [0.25, 0.3) is 5.91 Å². The van der Waals surface area contributed by atoms with Gasteiger partial charge in [0.2, 0.25) is 5.88 Å². The van der Waals surface area contributed by atoms with Crippen LogP contribution >= 0.6 is 11.6 Å². The van der Waals surface area contributed by atoms with Crippen LogP contribution in [-0.2, 0) is 13.0 Å². The molecule has 1 aliphatic heterocycles. The lowest BCUT2D eigenvalue weighted by Crippen LogP contribution is -2.26. The molecule has 110 valence electrons. The average molecular weight is 306 g/mol. The van der Waals surface area contributed by atoms with Crippen molar-refractivity contribution in [2.75, 3.05) is 13.2 Å². The summed E-state index contributed by atoms with van der Waals surface area (Å²) in [5.41, 5.74) is 1.64. The number of ether oxygens (including phenoxy) is 1. The Kier molecular flexibility index (Phi) is 4.10. The minimum absolute atomic E-state index is 0.146. The maximum atomic E-state index is 12.2. The van der Waals surface area contributed by atoms with Crippen LogP contribution in [0.4, 0.5) is 0 Å². The Morgan fingerprint density at radius 2 is 2.19 bits per heavy atom. The molecule has 0 aliphatic carbocycles. The van der Waals surface area contributed by atoms with E-state index in [1.54, 1.807) is 10.9 Å². The molecule has 0 radical (unpaired) electrons. The second-order valence-corrected chi connectivity index (χ2v) is 5.36. The molecular formula is C15H16ClN3O2.